The largest absolute Gasteiger partial charge is 0.357 e. The third-order valence-corrected chi connectivity index (χ3v) is 3.15. The summed E-state index contributed by atoms with van der Waals surface area (Å²) in [5.74, 6) is 1.07. The van der Waals surface area contributed by atoms with Gasteiger partial charge in [0, 0.05) is 31.7 Å². The van der Waals surface area contributed by atoms with Gasteiger partial charge in [-0.05, 0) is 31.4 Å². The van der Waals surface area contributed by atoms with Gasteiger partial charge in [-0.2, -0.15) is 5.10 Å². The van der Waals surface area contributed by atoms with Crippen molar-refractivity contribution >= 4 is 16.9 Å². The molecule has 1 aliphatic rings. The molecular formula is C12H16N4. The molecular weight excluding hydrogens is 200 g/mol. The summed E-state index contributed by atoms with van der Waals surface area (Å²) in [4.78, 5) is 6.97. The fourth-order valence-electron chi connectivity index (χ4n) is 2.31. The van der Waals surface area contributed by atoms with E-state index in [4.69, 9.17) is 0 Å². The lowest BCUT2D eigenvalue weighted by molar-refractivity contribution is 0.574. The molecule has 0 aliphatic carbocycles. The van der Waals surface area contributed by atoms with Gasteiger partial charge in [0.2, 0.25) is 0 Å². The minimum atomic E-state index is 0.852. The molecule has 3 rings (SSSR count). The highest BCUT2D eigenvalue weighted by Gasteiger charge is 2.12. The highest BCUT2D eigenvalue weighted by Crippen LogP contribution is 2.20. The molecule has 0 unspecified atom stereocenters. The molecule has 0 radical (unpaired) electrons. The third-order valence-electron chi connectivity index (χ3n) is 3.15. The van der Waals surface area contributed by atoms with Crippen molar-refractivity contribution in [2.75, 3.05) is 18.0 Å². The molecule has 0 saturated carbocycles. The topological polar surface area (TPSA) is 34.0 Å². The van der Waals surface area contributed by atoms with E-state index in [1.165, 1.54) is 19.3 Å². The van der Waals surface area contributed by atoms with Crippen molar-refractivity contribution in [2.45, 2.75) is 19.3 Å². The highest BCUT2D eigenvalue weighted by molar-refractivity contribution is 5.76. The first-order valence-corrected chi connectivity index (χ1v) is 5.88. The maximum atomic E-state index is 4.61. The quantitative estimate of drug-likeness (QED) is 0.730. The van der Waals surface area contributed by atoms with Crippen LogP contribution in [0.4, 0.5) is 5.82 Å². The monoisotopic (exact) mass is 216 g/mol. The second kappa shape index (κ2) is 3.77. The van der Waals surface area contributed by atoms with E-state index in [-0.39, 0.29) is 0 Å². The van der Waals surface area contributed by atoms with Gasteiger partial charge in [-0.3, -0.25) is 4.68 Å². The molecule has 1 fully saturated rings. The Morgan fingerprint density at radius 2 is 1.94 bits per heavy atom. The standard InChI is InChI=1S/C12H16N4/c1-15-9-10-5-6-11(13-12(10)14-15)16-7-3-2-4-8-16/h5-6,9H,2-4,7-8H2,1H3. The van der Waals surface area contributed by atoms with E-state index in [0.29, 0.717) is 0 Å². The summed E-state index contributed by atoms with van der Waals surface area (Å²) in [6.45, 7) is 2.26. The first-order valence-electron chi connectivity index (χ1n) is 5.88. The summed E-state index contributed by atoms with van der Waals surface area (Å²) >= 11 is 0. The minimum absolute atomic E-state index is 0.852. The number of nitrogens with zero attached hydrogens (tertiary/aromatic N) is 4. The third kappa shape index (κ3) is 1.64. The van der Waals surface area contributed by atoms with Crippen molar-refractivity contribution in [2.24, 2.45) is 7.05 Å². The molecule has 4 nitrogen and oxygen atoms in total. The average Bonchev–Trinajstić information content (AvgIpc) is 2.69. The second-order valence-electron chi connectivity index (χ2n) is 4.43. The number of rotatable bonds is 1. The number of aromatic nitrogens is 3. The van der Waals surface area contributed by atoms with Gasteiger partial charge in [0.1, 0.15) is 5.82 Å². The van der Waals surface area contributed by atoms with Crippen molar-refractivity contribution in [3.63, 3.8) is 0 Å². The number of fused-ring (bicyclic) bond motifs is 1. The van der Waals surface area contributed by atoms with E-state index < -0.39 is 0 Å². The summed E-state index contributed by atoms with van der Waals surface area (Å²) in [5.41, 5.74) is 0.852. The minimum Gasteiger partial charge on any atom is -0.357 e. The smallest absolute Gasteiger partial charge is 0.183 e. The first kappa shape index (κ1) is 9.63. The van der Waals surface area contributed by atoms with Gasteiger partial charge in [-0.1, -0.05) is 0 Å². The number of hydrogen-bond acceptors (Lipinski definition) is 3. The molecule has 16 heavy (non-hydrogen) atoms. The Balaban J connectivity index is 1.97. The molecule has 0 bridgehead atoms. The maximum absolute atomic E-state index is 4.61. The van der Waals surface area contributed by atoms with Gasteiger partial charge in [0.15, 0.2) is 5.65 Å². The van der Waals surface area contributed by atoms with Gasteiger partial charge in [-0.15, -0.1) is 0 Å². The fourth-order valence-corrected chi connectivity index (χ4v) is 2.31. The van der Waals surface area contributed by atoms with Gasteiger partial charge in [0.05, 0.1) is 0 Å². The Kier molecular flexibility index (Phi) is 2.27. The first-order chi connectivity index (χ1) is 7.83. The van der Waals surface area contributed by atoms with Gasteiger partial charge >= 0.3 is 0 Å². The van der Waals surface area contributed by atoms with Crippen LogP contribution in [0.2, 0.25) is 0 Å². The van der Waals surface area contributed by atoms with Crippen LogP contribution in [-0.2, 0) is 7.05 Å². The number of piperidine rings is 1. The molecule has 2 aromatic rings. The molecule has 1 saturated heterocycles. The lowest BCUT2D eigenvalue weighted by Crippen LogP contribution is -2.30. The Bertz CT molecular complexity index is 497. The van der Waals surface area contributed by atoms with Crippen LogP contribution in [-0.4, -0.2) is 27.9 Å². The molecule has 0 N–H and O–H groups in total. The fraction of sp³-hybridized carbons (Fsp3) is 0.500. The predicted molar refractivity (Wildman–Crippen MR) is 64.6 cm³/mol. The maximum Gasteiger partial charge on any atom is 0.183 e. The van der Waals surface area contributed by atoms with Crippen molar-refractivity contribution in [3.8, 4) is 0 Å². The SMILES string of the molecule is Cn1cc2ccc(N3CCCCC3)nc2n1. The van der Waals surface area contributed by atoms with Crippen LogP contribution in [0.5, 0.6) is 0 Å². The van der Waals surface area contributed by atoms with Gasteiger partial charge in [-0.25, -0.2) is 4.98 Å². The number of pyridine rings is 1. The van der Waals surface area contributed by atoms with E-state index in [9.17, 15) is 0 Å². The Hall–Kier alpha value is -1.58. The van der Waals surface area contributed by atoms with E-state index >= 15 is 0 Å². The molecule has 0 aromatic carbocycles. The summed E-state index contributed by atoms with van der Waals surface area (Å²) < 4.78 is 1.82. The molecule has 2 aromatic heterocycles. The van der Waals surface area contributed by atoms with E-state index in [2.05, 4.69) is 27.1 Å². The Morgan fingerprint density at radius 3 is 2.75 bits per heavy atom. The van der Waals surface area contributed by atoms with Crippen LogP contribution in [0.15, 0.2) is 18.3 Å². The molecule has 0 amide bonds. The van der Waals surface area contributed by atoms with Crippen LogP contribution in [0.25, 0.3) is 11.0 Å². The average molecular weight is 216 g/mol. The van der Waals surface area contributed by atoms with Crippen LogP contribution < -0.4 is 4.90 Å². The summed E-state index contributed by atoms with van der Waals surface area (Å²) in [6.07, 6.45) is 5.91. The lowest BCUT2D eigenvalue weighted by atomic mass is 10.1. The molecule has 4 heteroatoms. The normalized spacial score (nSPS) is 16.9. The van der Waals surface area contributed by atoms with E-state index in [1.807, 2.05) is 17.9 Å². The summed E-state index contributed by atoms with van der Waals surface area (Å²) in [6, 6.07) is 4.22. The van der Waals surface area contributed by atoms with Crippen molar-refractivity contribution in [1.29, 1.82) is 0 Å². The van der Waals surface area contributed by atoms with Gasteiger partial charge < -0.3 is 4.90 Å². The van der Waals surface area contributed by atoms with Crippen LogP contribution in [0.1, 0.15) is 19.3 Å². The molecule has 3 heterocycles. The van der Waals surface area contributed by atoms with Crippen LogP contribution >= 0.6 is 0 Å². The molecule has 0 spiro atoms. The van der Waals surface area contributed by atoms with E-state index in [1.54, 1.807) is 0 Å². The van der Waals surface area contributed by atoms with Crippen molar-refractivity contribution in [3.05, 3.63) is 18.3 Å². The summed E-state index contributed by atoms with van der Waals surface area (Å²) in [7, 11) is 1.93. The second-order valence-corrected chi connectivity index (χ2v) is 4.43. The van der Waals surface area contributed by atoms with Crippen LogP contribution in [0, 0.1) is 0 Å². The van der Waals surface area contributed by atoms with E-state index in [0.717, 1.165) is 29.9 Å². The Morgan fingerprint density at radius 1 is 1.12 bits per heavy atom. The molecule has 84 valence electrons. The highest BCUT2D eigenvalue weighted by atomic mass is 15.3. The summed E-state index contributed by atoms with van der Waals surface area (Å²) in [5, 5.41) is 5.46. The zero-order valence-electron chi connectivity index (χ0n) is 9.56. The molecule has 1 aliphatic heterocycles. The number of aryl methyl sites for hydroxylation is 1. The zero-order chi connectivity index (χ0) is 11.0. The predicted octanol–water partition coefficient (Wildman–Crippen LogP) is 1.96. The Labute approximate surface area is 94.9 Å². The number of hydrogen-bond donors (Lipinski definition) is 0. The van der Waals surface area contributed by atoms with Crippen molar-refractivity contribution in [1.82, 2.24) is 14.8 Å². The zero-order valence-corrected chi connectivity index (χ0v) is 9.56. The van der Waals surface area contributed by atoms with Crippen molar-refractivity contribution < 1.29 is 0 Å². The lowest BCUT2D eigenvalue weighted by Gasteiger charge is -2.27. The molecule has 0 atom stereocenters. The number of anilines is 1. The van der Waals surface area contributed by atoms with Crippen LogP contribution in [0.3, 0.4) is 0 Å². The van der Waals surface area contributed by atoms with Gasteiger partial charge in [0.25, 0.3) is 0 Å².